The SMILES string of the molecule is Cc1onc(-c2ccc(-c3ccc4c(c3)NCCCC4C(=O)O)cc2)c1NC(=O)OC(C)c1ccccc1Cl. The second-order valence-electron chi connectivity index (χ2n) is 9.50. The van der Waals surface area contributed by atoms with E-state index in [9.17, 15) is 14.7 Å². The lowest BCUT2D eigenvalue weighted by Crippen LogP contribution is -2.17. The number of nitrogens with zero attached hydrogens (tertiary/aromatic N) is 1. The number of nitrogens with one attached hydrogen (secondary N) is 2. The van der Waals surface area contributed by atoms with Crippen LogP contribution in [0.2, 0.25) is 5.02 Å². The van der Waals surface area contributed by atoms with Gasteiger partial charge in [-0.15, -0.1) is 0 Å². The zero-order valence-corrected chi connectivity index (χ0v) is 22.3. The Morgan fingerprint density at radius 3 is 2.56 bits per heavy atom. The topological polar surface area (TPSA) is 114 Å². The van der Waals surface area contributed by atoms with Gasteiger partial charge in [0.15, 0.2) is 5.76 Å². The molecule has 8 nitrogen and oxygen atoms in total. The fourth-order valence-electron chi connectivity index (χ4n) is 4.83. The highest BCUT2D eigenvalue weighted by atomic mass is 35.5. The molecule has 200 valence electrons. The Hall–Kier alpha value is -4.30. The number of rotatable bonds is 6. The van der Waals surface area contributed by atoms with Crippen LogP contribution in [0.1, 0.15) is 48.7 Å². The fraction of sp³-hybridized carbons (Fsp3) is 0.233. The molecule has 0 radical (unpaired) electrons. The van der Waals surface area contributed by atoms with Crippen LogP contribution < -0.4 is 10.6 Å². The number of halogens is 1. The Labute approximate surface area is 230 Å². The Morgan fingerprint density at radius 1 is 1.10 bits per heavy atom. The van der Waals surface area contributed by atoms with Crippen molar-refractivity contribution < 1.29 is 24.0 Å². The molecule has 39 heavy (non-hydrogen) atoms. The molecule has 1 aromatic heterocycles. The van der Waals surface area contributed by atoms with Crippen LogP contribution in [0.5, 0.6) is 0 Å². The number of aromatic nitrogens is 1. The number of anilines is 2. The highest BCUT2D eigenvalue weighted by Crippen LogP contribution is 2.36. The first-order valence-electron chi connectivity index (χ1n) is 12.7. The lowest BCUT2D eigenvalue weighted by Gasteiger charge is -2.15. The van der Waals surface area contributed by atoms with Crippen molar-refractivity contribution in [1.82, 2.24) is 5.16 Å². The Balaban J connectivity index is 1.34. The van der Waals surface area contributed by atoms with Crippen LogP contribution in [-0.2, 0) is 9.53 Å². The molecule has 0 spiro atoms. The Kier molecular flexibility index (Phi) is 7.56. The van der Waals surface area contributed by atoms with Crippen molar-refractivity contribution in [2.24, 2.45) is 0 Å². The van der Waals surface area contributed by atoms with Crippen LogP contribution >= 0.6 is 11.6 Å². The van der Waals surface area contributed by atoms with E-state index >= 15 is 0 Å². The van der Waals surface area contributed by atoms with Crippen LogP contribution in [0.15, 0.2) is 71.3 Å². The summed E-state index contributed by atoms with van der Waals surface area (Å²) in [5, 5.41) is 20.4. The molecule has 9 heteroatoms. The third kappa shape index (κ3) is 5.61. The van der Waals surface area contributed by atoms with Crippen LogP contribution in [0, 0.1) is 6.92 Å². The lowest BCUT2D eigenvalue weighted by molar-refractivity contribution is -0.138. The number of carbonyl (C=O) groups is 2. The molecular weight excluding hydrogens is 518 g/mol. The van der Waals surface area contributed by atoms with Crippen molar-refractivity contribution in [3.05, 3.63) is 88.6 Å². The number of hydrogen-bond donors (Lipinski definition) is 3. The maximum atomic E-state index is 12.7. The van der Waals surface area contributed by atoms with Gasteiger partial charge in [-0.05, 0) is 55.5 Å². The van der Waals surface area contributed by atoms with Gasteiger partial charge in [0.05, 0.1) is 5.92 Å². The molecule has 1 amide bonds. The van der Waals surface area contributed by atoms with Crippen molar-refractivity contribution in [2.45, 2.75) is 38.7 Å². The maximum absolute atomic E-state index is 12.7. The normalized spacial score (nSPS) is 15.4. The average molecular weight is 546 g/mol. The zero-order chi connectivity index (χ0) is 27.5. The van der Waals surface area contributed by atoms with Gasteiger partial charge in [0.25, 0.3) is 0 Å². The van der Waals surface area contributed by atoms with Gasteiger partial charge in [-0.2, -0.15) is 0 Å². The number of aliphatic carboxylic acids is 1. The van der Waals surface area contributed by atoms with Gasteiger partial charge in [-0.25, -0.2) is 4.79 Å². The first kappa shape index (κ1) is 26.3. The molecule has 2 heterocycles. The highest BCUT2D eigenvalue weighted by molar-refractivity contribution is 6.31. The minimum atomic E-state index is -0.799. The summed E-state index contributed by atoms with van der Waals surface area (Å²) < 4.78 is 10.9. The van der Waals surface area contributed by atoms with E-state index in [-0.39, 0.29) is 0 Å². The molecule has 0 fully saturated rings. The number of carboxylic acid groups (broad SMARTS) is 1. The second-order valence-corrected chi connectivity index (χ2v) is 9.90. The molecule has 0 saturated carbocycles. The molecule has 3 aromatic carbocycles. The summed E-state index contributed by atoms with van der Waals surface area (Å²) in [7, 11) is 0. The van der Waals surface area contributed by atoms with Crippen molar-refractivity contribution in [3.8, 4) is 22.4 Å². The standard InChI is InChI=1S/C30H28ClN3O5/c1-17(22-6-3-4-8-25(22)31)38-30(37)33-27-18(2)39-34-28(27)20-11-9-19(10-12-20)21-13-14-23-24(29(35)36)7-5-15-32-26(23)16-21/h3-4,6,8-14,16-17,24,32H,5,7,15H2,1-2H3,(H,33,37)(H,35,36). The van der Waals surface area contributed by atoms with Crippen LogP contribution in [0.4, 0.5) is 16.2 Å². The molecule has 0 bridgehead atoms. The van der Waals surface area contributed by atoms with Crippen LogP contribution in [0.25, 0.3) is 22.4 Å². The van der Waals surface area contributed by atoms with Gasteiger partial charge in [0.2, 0.25) is 0 Å². The Morgan fingerprint density at radius 2 is 1.82 bits per heavy atom. The summed E-state index contributed by atoms with van der Waals surface area (Å²) in [5.41, 5.74) is 5.95. The zero-order valence-electron chi connectivity index (χ0n) is 21.5. The first-order chi connectivity index (χ1) is 18.8. The summed E-state index contributed by atoms with van der Waals surface area (Å²) in [4.78, 5) is 24.4. The fourth-order valence-corrected chi connectivity index (χ4v) is 5.12. The number of ether oxygens (including phenoxy) is 1. The van der Waals surface area contributed by atoms with Crippen molar-refractivity contribution in [3.63, 3.8) is 0 Å². The van der Waals surface area contributed by atoms with Gasteiger partial charge in [-0.1, -0.05) is 71.4 Å². The molecule has 1 aliphatic heterocycles. The summed E-state index contributed by atoms with van der Waals surface area (Å²) in [6.07, 6.45) is 0.213. The number of amides is 1. The van der Waals surface area contributed by atoms with Gasteiger partial charge >= 0.3 is 12.1 Å². The smallest absolute Gasteiger partial charge is 0.412 e. The summed E-state index contributed by atoms with van der Waals surface area (Å²) in [5.74, 6) is -0.861. The molecule has 3 N–H and O–H groups in total. The largest absolute Gasteiger partial charge is 0.481 e. The van der Waals surface area contributed by atoms with E-state index in [1.165, 1.54) is 0 Å². The minimum absolute atomic E-state index is 0.424. The summed E-state index contributed by atoms with van der Waals surface area (Å²) in [6, 6.07) is 20.7. The molecule has 0 aliphatic carbocycles. The number of aryl methyl sites for hydroxylation is 1. The number of hydrogen-bond acceptors (Lipinski definition) is 6. The number of benzene rings is 3. The molecular formula is C30H28ClN3O5. The van der Waals surface area contributed by atoms with Crippen LogP contribution in [-0.4, -0.2) is 28.9 Å². The molecule has 0 saturated heterocycles. The van der Waals surface area contributed by atoms with Gasteiger partial charge in [0, 0.05) is 28.4 Å². The average Bonchev–Trinajstić information content (AvgIpc) is 3.14. The molecule has 4 aromatic rings. The monoisotopic (exact) mass is 545 g/mol. The van der Waals surface area contributed by atoms with Crippen LogP contribution in [0.3, 0.4) is 0 Å². The van der Waals surface area contributed by atoms with E-state index in [0.29, 0.717) is 34.1 Å². The molecule has 2 atom stereocenters. The van der Waals surface area contributed by atoms with E-state index < -0.39 is 24.1 Å². The lowest BCUT2D eigenvalue weighted by atomic mass is 9.92. The van der Waals surface area contributed by atoms with E-state index in [4.69, 9.17) is 20.9 Å². The number of carboxylic acids is 1. The number of carbonyl (C=O) groups excluding carboxylic acids is 1. The predicted molar refractivity (Wildman–Crippen MR) is 150 cm³/mol. The predicted octanol–water partition coefficient (Wildman–Crippen LogP) is 7.65. The minimum Gasteiger partial charge on any atom is -0.481 e. The quantitative estimate of drug-likeness (QED) is 0.228. The second kappa shape index (κ2) is 11.2. The maximum Gasteiger partial charge on any atom is 0.412 e. The molecule has 1 aliphatic rings. The van der Waals surface area contributed by atoms with Gasteiger partial charge < -0.3 is 19.7 Å². The molecule has 2 unspecified atom stereocenters. The molecule has 5 rings (SSSR count). The van der Waals surface area contributed by atoms with E-state index in [1.54, 1.807) is 19.9 Å². The van der Waals surface area contributed by atoms with E-state index in [0.717, 1.165) is 40.9 Å². The first-order valence-corrected chi connectivity index (χ1v) is 13.1. The third-order valence-electron chi connectivity index (χ3n) is 6.92. The highest BCUT2D eigenvalue weighted by Gasteiger charge is 2.25. The van der Waals surface area contributed by atoms with Gasteiger partial charge in [0.1, 0.15) is 17.5 Å². The number of fused-ring (bicyclic) bond motifs is 1. The van der Waals surface area contributed by atoms with E-state index in [2.05, 4.69) is 15.8 Å². The van der Waals surface area contributed by atoms with Crippen molar-refractivity contribution in [1.29, 1.82) is 0 Å². The van der Waals surface area contributed by atoms with Gasteiger partial charge in [-0.3, -0.25) is 10.1 Å². The summed E-state index contributed by atoms with van der Waals surface area (Å²) in [6.45, 7) is 4.20. The van der Waals surface area contributed by atoms with E-state index in [1.807, 2.05) is 60.7 Å². The summed E-state index contributed by atoms with van der Waals surface area (Å²) >= 11 is 6.23. The third-order valence-corrected chi connectivity index (χ3v) is 7.26. The van der Waals surface area contributed by atoms with Crippen molar-refractivity contribution in [2.75, 3.05) is 17.2 Å². The van der Waals surface area contributed by atoms with Crippen molar-refractivity contribution >= 4 is 35.0 Å². The Bertz CT molecular complexity index is 1520.